The van der Waals surface area contributed by atoms with E-state index < -0.39 is 6.04 Å². The van der Waals surface area contributed by atoms with Crippen molar-refractivity contribution in [3.05, 3.63) is 69.5 Å². The van der Waals surface area contributed by atoms with Gasteiger partial charge in [0.15, 0.2) is 0 Å². The van der Waals surface area contributed by atoms with Crippen LogP contribution in [0, 0.1) is 5.82 Å². The third kappa shape index (κ3) is 5.19. The van der Waals surface area contributed by atoms with E-state index in [1.54, 1.807) is 37.3 Å². The number of halogens is 3. The van der Waals surface area contributed by atoms with Gasteiger partial charge in [-0.05, 0) is 42.3 Å². The van der Waals surface area contributed by atoms with E-state index in [1.165, 1.54) is 24.1 Å². The molecule has 4 nitrogen and oxygen atoms in total. The zero-order valence-electron chi connectivity index (χ0n) is 14.4. The summed E-state index contributed by atoms with van der Waals surface area (Å²) in [5.41, 5.74) is 1.34. The van der Waals surface area contributed by atoms with E-state index >= 15 is 0 Å². The van der Waals surface area contributed by atoms with Crippen molar-refractivity contribution in [2.24, 2.45) is 0 Å². The molecule has 0 radical (unpaired) electrons. The van der Waals surface area contributed by atoms with Crippen LogP contribution in [0.15, 0.2) is 42.5 Å². The van der Waals surface area contributed by atoms with Crippen LogP contribution in [0.5, 0.6) is 0 Å². The summed E-state index contributed by atoms with van der Waals surface area (Å²) in [4.78, 5) is 26.4. The molecule has 0 aromatic heterocycles. The van der Waals surface area contributed by atoms with Crippen LogP contribution in [0.3, 0.4) is 0 Å². The molecule has 2 amide bonds. The number of amides is 2. The first-order valence-electron chi connectivity index (χ1n) is 8.01. The summed E-state index contributed by atoms with van der Waals surface area (Å²) < 4.78 is 13.1. The topological polar surface area (TPSA) is 49.4 Å². The number of likely N-dealkylation sites (N-methyl/N-ethyl adjacent to an activating group) is 1. The number of carbonyl (C=O) groups is 2. The molecular weight excluding hydrogens is 378 g/mol. The SMILES string of the molecule is CNC(=O)[C@H](C)N(Cc1ccc(F)cc1)C(=O)Cc1ccc(Cl)cc1Cl. The Balaban J connectivity index is 2.25. The van der Waals surface area contributed by atoms with Crippen molar-refractivity contribution in [3.8, 4) is 0 Å². The zero-order valence-corrected chi connectivity index (χ0v) is 15.9. The highest BCUT2D eigenvalue weighted by Gasteiger charge is 2.26. The van der Waals surface area contributed by atoms with Gasteiger partial charge in [0.1, 0.15) is 11.9 Å². The van der Waals surface area contributed by atoms with Crippen molar-refractivity contribution >= 4 is 35.0 Å². The molecule has 0 unspecified atom stereocenters. The van der Waals surface area contributed by atoms with Crippen LogP contribution in [0.1, 0.15) is 18.1 Å². The Morgan fingerprint density at radius 2 is 1.81 bits per heavy atom. The van der Waals surface area contributed by atoms with Gasteiger partial charge in [-0.1, -0.05) is 41.4 Å². The highest BCUT2D eigenvalue weighted by Crippen LogP contribution is 2.22. The number of hydrogen-bond acceptors (Lipinski definition) is 2. The quantitative estimate of drug-likeness (QED) is 0.806. The first-order valence-corrected chi connectivity index (χ1v) is 8.77. The number of nitrogens with one attached hydrogen (secondary N) is 1. The van der Waals surface area contributed by atoms with Crippen molar-refractivity contribution in [3.63, 3.8) is 0 Å². The monoisotopic (exact) mass is 396 g/mol. The van der Waals surface area contributed by atoms with Gasteiger partial charge in [-0.3, -0.25) is 9.59 Å². The van der Waals surface area contributed by atoms with Crippen LogP contribution in [-0.2, 0) is 22.6 Å². The fourth-order valence-corrected chi connectivity index (χ4v) is 2.98. The Morgan fingerprint density at radius 1 is 1.15 bits per heavy atom. The summed E-state index contributed by atoms with van der Waals surface area (Å²) in [6.07, 6.45) is 0.0263. The Hall–Kier alpha value is -2.11. The second kappa shape index (κ2) is 9.01. The fraction of sp³-hybridized carbons (Fsp3) is 0.263. The third-order valence-corrected chi connectivity index (χ3v) is 4.62. The Kier molecular flexibility index (Phi) is 7.00. The minimum Gasteiger partial charge on any atom is -0.357 e. The molecule has 0 aliphatic carbocycles. The van der Waals surface area contributed by atoms with Gasteiger partial charge in [0.25, 0.3) is 0 Å². The molecular formula is C19H19Cl2FN2O2. The average molecular weight is 397 g/mol. The summed E-state index contributed by atoms with van der Waals surface area (Å²) in [6.45, 7) is 1.82. The number of hydrogen-bond donors (Lipinski definition) is 1. The first kappa shape index (κ1) is 20.2. The van der Waals surface area contributed by atoms with Gasteiger partial charge in [0.2, 0.25) is 11.8 Å². The molecule has 1 atom stereocenters. The summed E-state index contributed by atoms with van der Waals surface area (Å²) in [7, 11) is 1.51. The van der Waals surface area contributed by atoms with Crippen LogP contribution in [0.2, 0.25) is 10.0 Å². The molecule has 2 rings (SSSR count). The highest BCUT2D eigenvalue weighted by molar-refractivity contribution is 6.35. The highest BCUT2D eigenvalue weighted by atomic mass is 35.5. The maximum Gasteiger partial charge on any atom is 0.242 e. The molecule has 0 heterocycles. The molecule has 0 spiro atoms. The van der Waals surface area contributed by atoms with Gasteiger partial charge >= 0.3 is 0 Å². The second-order valence-electron chi connectivity index (χ2n) is 5.85. The summed E-state index contributed by atoms with van der Waals surface area (Å²) >= 11 is 12.0. The normalized spacial score (nSPS) is 11.7. The fourth-order valence-electron chi connectivity index (χ4n) is 2.51. The molecule has 26 heavy (non-hydrogen) atoms. The van der Waals surface area contributed by atoms with E-state index in [-0.39, 0.29) is 30.6 Å². The van der Waals surface area contributed by atoms with E-state index in [4.69, 9.17) is 23.2 Å². The van der Waals surface area contributed by atoms with E-state index in [1.807, 2.05) is 0 Å². The lowest BCUT2D eigenvalue weighted by Gasteiger charge is -2.28. The number of benzene rings is 2. The van der Waals surface area contributed by atoms with Crippen LogP contribution < -0.4 is 5.32 Å². The van der Waals surface area contributed by atoms with Crippen LogP contribution in [0.4, 0.5) is 4.39 Å². The predicted octanol–water partition coefficient (Wildman–Crippen LogP) is 3.84. The standard InChI is InChI=1S/C19H19Cl2FN2O2/c1-12(19(26)23-2)24(11-13-3-7-16(22)8-4-13)18(25)9-14-5-6-15(20)10-17(14)21/h3-8,10,12H,9,11H2,1-2H3,(H,23,26)/t12-/m0/s1. The van der Waals surface area contributed by atoms with Crippen molar-refractivity contribution < 1.29 is 14.0 Å². The molecule has 7 heteroatoms. The Labute approximate surface area is 161 Å². The number of rotatable bonds is 6. The largest absolute Gasteiger partial charge is 0.357 e. The van der Waals surface area contributed by atoms with Crippen LogP contribution >= 0.6 is 23.2 Å². The minimum atomic E-state index is -0.691. The van der Waals surface area contributed by atoms with E-state index in [0.29, 0.717) is 15.6 Å². The lowest BCUT2D eigenvalue weighted by Crippen LogP contribution is -2.47. The van der Waals surface area contributed by atoms with Gasteiger partial charge in [-0.25, -0.2) is 4.39 Å². The minimum absolute atomic E-state index is 0.0263. The second-order valence-corrected chi connectivity index (χ2v) is 6.69. The summed E-state index contributed by atoms with van der Waals surface area (Å²) in [6, 6.07) is 10.0. The average Bonchev–Trinajstić information content (AvgIpc) is 2.62. The lowest BCUT2D eigenvalue weighted by molar-refractivity contribution is -0.139. The number of nitrogens with zero attached hydrogens (tertiary/aromatic N) is 1. The molecule has 138 valence electrons. The van der Waals surface area contributed by atoms with E-state index in [9.17, 15) is 14.0 Å². The molecule has 1 N–H and O–H groups in total. The maximum atomic E-state index is 13.1. The summed E-state index contributed by atoms with van der Waals surface area (Å²) in [5, 5.41) is 3.41. The molecule has 0 saturated carbocycles. The lowest BCUT2D eigenvalue weighted by atomic mass is 10.1. The smallest absolute Gasteiger partial charge is 0.242 e. The molecule has 2 aromatic rings. The van der Waals surface area contributed by atoms with Crippen LogP contribution in [-0.4, -0.2) is 29.8 Å². The van der Waals surface area contributed by atoms with Crippen LogP contribution in [0.25, 0.3) is 0 Å². The predicted molar refractivity (Wildman–Crippen MR) is 101 cm³/mol. The maximum absolute atomic E-state index is 13.1. The molecule has 0 saturated heterocycles. The van der Waals surface area contributed by atoms with Gasteiger partial charge in [-0.2, -0.15) is 0 Å². The first-order chi connectivity index (χ1) is 12.3. The summed E-state index contributed by atoms with van der Waals surface area (Å²) in [5.74, 6) is -0.920. The molecule has 2 aromatic carbocycles. The molecule has 0 aliphatic heterocycles. The zero-order chi connectivity index (χ0) is 19.3. The van der Waals surface area contributed by atoms with Gasteiger partial charge in [-0.15, -0.1) is 0 Å². The Bertz CT molecular complexity index is 797. The van der Waals surface area contributed by atoms with Crippen molar-refractivity contribution in [1.82, 2.24) is 10.2 Å². The van der Waals surface area contributed by atoms with Gasteiger partial charge in [0, 0.05) is 23.6 Å². The van der Waals surface area contributed by atoms with Gasteiger partial charge in [0.05, 0.1) is 6.42 Å². The molecule has 0 fully saturated rings. The number of carbonyl (C=O) groups excluding carboxylic acids is 2. The molecule has 0 aliphatic rings. The molecule has 0 bridgehead atoms. The van der Waals surface area contributed by atoms with Crippen molar-refractivity contribution in [2.45, 2.75) is 25.9 Å². The third-order valence-electron chi connectivity index (χ3n) is 4.04. The van der Waals surface area contributed by atoms with Crippen molar-refractivity contribution in [2.75, 3.05) is 7.05 Å². The Morgan fingerprint density at radius 3 is 2.38 bits per heavy atom. The van der Waals surface area contributed by atoms with Gasteiger partial charge < -0.3 is 10.2 Å². The van der Waals surface area contributed by atoms with Crippen molar-refractivity contribution in [1.29, 1.82) is 0 Å². The van der Waals surface area contributed by atoms with E-state index in [0.717, 1.165) is 5.56 Å². The van der Waals surface area contributed by atoms with E-state index in [2.05, 4.69) is 5.32 Å².